The van der Waals surface area contributed by atoms with Crippen molar-refractivity contribution in [1.29, 1.82) is 0 Å². The number of para-hydroxylation sites is 3. The van der Waals surface area contributed by atoms with Crippen molar-refractivity contribution in [1.82, 2.24) is 23.7 Å². The first-order valence-electron chi connectivity index (χ1n) is 22.0. The van der Waals surface area contributed by atoms with Gasteiger partial charge in [-0.05, 0) is 63.7 Å². The van der Waals surface area contributed by atoms with E-state index in [1.165, 1.54) is 0 Å². The quantitative estimate of drug-likeness (QED) is 0.123. The van der Waals surface area contributed by atoms with Crippen LogP contribution >= 0.6 is 0 Å². The third-order valence-corrected chi connectivity index (χ3v) is 10.0. The molecule has 0 bridgehead atoms. The van der Waals surface area contributed by atoms with Crippen LogP contribution in [0.4, 0.5) is 22.7 Å². The molecule has 0 fully saturated rings. The van der Waals surface area contributed by atoms with Crippen molar-refractivity contribution < 1.29 is 35.4 Å². The number of pyridine rings is 2. The second-order valence-electron chi connectivity index (χ2n) is 15.9. The number of aromatic nitrogens is 3. The van der Waals surface area contributed by atoms with E-state index in [-0.39, 0.29) is 37.5 Å². The first-order chi connectivity index (χ1) is 29.8. The minimum atomic E-state index is -2.83. The van der Waals surface area contributed by atoms with Crippen molar-refractivity contribution in [3.05, 3.63) is 162 Å². The number of hydrogen-bond acceptors (Lipinski definition) is 3. The van der Waals surface area contributed by atoms with Gasteiger partial charge in [0, 0.05) is 51.7 Å². The molecule has 0 amide bonds. The summed E-state index contributed by atoms with van der Waals surface area (Å²) in [5, 5.41) is 0.911. The van der Waals surface area contributed by atoms with Gasteiger partial charge in [-0.3, -0.25) is 4.98 Å². The van der Waals surface area contributed by atoms with Crippen LogP contribution in [0.2, 0.25) is 0 Å². The molecule has 0 saturated carbocycles. The molecule has 1 aliphatic rings. The van der Waals surface area contributed by atoms with Gasteiger partial charge in [0.25, 0.3) is 11.4 Å². The summed E-state index contributed by atoms with van der Waals surface area (Å²) in [7, 11) is 0. The fourth-order valence-corrected chi connectivity index (χ4v) is 7.04. The predicted octanol–water partition coefficient (Wildman–Crippen LogP) is 12.4. The molecular weight excluding hydrogens is 882 g/mol. The Bertz CT molecular complexity index is 3240. The van der Waals surface area contributed by atoms with Gasteiger partial charge in [0.1, 0.15) is 11.5 Å². The molecule has 6 nitrogen and oxygen atoms in total. The van der Waals surface area contributed by atoms with Gasteiger partial charge in [-0.25, -0.2) is 4.98 Å². The molecule has 7 heteroatoms. The summed E-state index contributed by atoms with van der Waals surface area (Å²) in [6.45, 7) is 10.1. The largest absolute Gasteiger partial charge is 2.00 e. The second-order valence-corrected chi connectivity index (χ2v) is 15.9. The fourth-order valence-electron chi connectivity index (χ4n) is 7.04. The molecule has 282 valence electrons. The van der Waals surface area contributed by atoms with E-state index in [2.05, 4.69) is 70.3 Å². The SMILES string of the molecule is [2H]c1c([2H])c(C([2H])([2H])[2H])c([2H])c([2H])c1-c1ccccc1[N+]1=C=[N+](c2[c-]c(Oc3[c-]c4c(cc3)c3ncccc3n4-c3cc(C(C)(C)C)ccn3)cc(C(C)(C)C)c2)c2ccccc21.[Pt+2]. The second kappa shape index (κ2) is 14.5. The molecule has 0 unspecified atom stereocenters. The van der Waals surface area contributed by atoms with E-state index in [0.29, 0.717) is 28.4 Å². The van der Waals surface area contributed by atoms with E-state index in [4.69, 9.17) is 24.3 Å². The molecule has 57 heavy (non-hydrogen) atoms. The molecule has 0 radical (unpaired) electrons. The molecule has 0 spiro atoms. The Morgan fingerprint density at radius 3 is 2.16 bits per heavy atom. The maximum Gasteiger partial charge on any atom is 2.00 e. The normalized spacial score (nSPS) is 14.6. The Hall–Kier alpha value is -5.93. The summed E-state index contributed by atoms with van der Waals surface area (Å²) in [5.41, 5.74) is 6.66. The molecule has 0 atom stereocenters. The first-order valence-corrected chi connectivity index (χ1v) is 18.5. The van der Waals surface area contributed by atoms with Crippen molar-refractivity contribution >= 4 is 50.7 Å². The van der Waals surface area contributed by atoms with E-state index >= 15 is 0 Å². The van der Waals surface area contributed by atoms with Crippen LogP contribution in [0, 0.1) is 19.0 Å². The van der Waals surface area contributed by atoms with Gasteiger partial charge in [0.15, 0.2) is 0 Å². The Kier molecular flexibility index (Phi) is 7.71. The van der Waals surface area contributed by atoms with Gasteiger partial charge in [-0.1, -0.05) is 123 Å². The van der Waals surface area contributed by atoms with Crippen LogP contribution in [0.1, 0.15) is 67.8 Å². The molecule has 8 aromatic rings. The Morgan fingerprint density at radius 2 is 1.42 bits per heavy atom. The van der Waals surface area contributed by atoms with Gasteiger partial charge in [0.2, 0.25) is 5.69 Å². The Labute approximate surface area is 358 Å². The van der Waals surface area contributed by atoms with E-state index in [1.807, 2.05) is 94.2 Å². The maximum atomic E-state index is 8.92. The first kappa shape index (κ1) is 30.2. The van der Waals surface area contributed by atoms with Crippen LogP contribution in [0.5, 0.6) is 11.5 Å². The summed E-state index contributed by atoms with van der Waals surface area (Å²) in [6, 6.07) is 39.3. The van der Waals surface area contributed by atoms with Gasteiger partial charge in [-0.15, -0.1) is 23.8 Å². The van der Waals surface area contributed by atoms with Gasteiger partial charge >= 0.3 is 27.1 Å². The number of hydrogen-bond donors (Lipinski definition) is 0. The molecule has 1 aliphatic heterocycles. The molecule has 0 saturated heterocycles. The summed E-state index contributed by atoms with van der Waals surface area (Å²) in [5.74, 6) is 1.68. The molecule has 5 aromatic carbocycles. The zero-order valence-corrected chi connectivity index (χ0v) is 34.6. The number of fused-ring (bicyclic) bond motifs is 4. The van der Waals surface area contributed by atoms with E-state index in [9.17, 15) is 0 Å². The van der Waals surface area contributed by atoms with Gasteiger partial charge in [0.05, 0.1) is 16.6 Å². The van der Waals surface area contributed by atoms with Crippen molar-refractivity contribution in [2.75, 3.05) is 0 Å². The van der Waals surface area contributed by atoms with Crippen LogP contribution in [0.15, 0.2) is 134 Å². The van der Waals surface area contributed by atoms with Crippen LogP contribution in [-0.4, -0.2) is 20.5 Å². The van der Waals surface area contributed by atoms with Crippen molar-refractivity contribution in [3.63, 3.8) is 0 Å². The number of rotatable bonds is 6. The smallest absolute Gasteiger partial charge is 0.509 e. The van der Waals surface area contributed by atoms with Crippen molar-refractivity contribution in [3.8, 4) is 28.4 Å². The maximum absolute atomic E-state index is 8.92. The zero-order chi connectivity index (χ0) is 44.7. The summed E-state index contributed by atoms with van der Waals surface area (Å²) >= 11 is 0. The van der Waals surface area contributed by atoms with Crippen molar-refractivity contribution in [2.45, 2.75) is 59.2 Å². The molecular formula is C50H43N5OPt+2. The Morgan fingerprint density at radius 1 is 0.702 bits per heavy atom. The summed E-state index contributed by atoms with van der Waals surface area (Å²) in [6.07, 6.45) is 3.62. The van der Waals surface area contributed by atoms with Crippen LogP contribution < -0.4 is 13.9 Å². The predicted molar refractivity (Wildman–Crippen MR) is 229 cm³/mol. The fraction of sp³-hybridized carbons (Fsp3) is 0.180. The van der Waals surface area contributed by atoms with E-state index < -0.39 is 36.6 Å². The summed E-state index contributed by atoms with van der Waals surface area (Å²) < 4.78 is 71.3. The molecule has 3 aromatic heterocycles. The minimum Gasteiger partial charge on any atom is -0.509 e. The monoisotopic (exact) mass is 931 g/mol. The standard InChI is InChI=1S/C50H43N5O.Pt/c1-33-18-20-34(21-19-33)40-13-8-9-14-42(40)54-32-53(43-15-10-11-16-44(43)54)37-27-36(50(5,6)7)28-39(30-37)56-38-22-23-41-46(31-38)55(45-17-12-25-52-48(41)45)47-29-35(24-26-51-47)49(2,3)4;/h8-29H,1-7H3;/q;+2/i1D3,18D,19D,20D,21D;. The van der Waals surface area contributed by atoms with E-state index in [0.717, 1.165) is 50.3 Å². The molecule has 0 aliphatic carbocycles. The molecule has 4 heterocycles. The van der Waals surface area contributed by atoms with Crippen LogP contribution in [-0.2, 0) is 31.9 Å². The molecule has 0 N–H and O–H groups in total. The average molecular weight is 932 g/mol. The van der Waals surface area contributed by atoms with Crippen LogP contribution in [0.25, 0.3) is 38.9 Å². The topological polar surface area (TPSA) is 46.0 Å². The third kappa shape index (κ3) is 7.05. The minimum absolute atomic E-state index is 0. The van der Waals surface area contributed by atoms with Crippen LogP contribution in [0.3, 0.4) is 0 Å². The number of ether oxygens (including phenoxy) is 1. The Balaban J connectivity index is 0.00000560. The van der Waals surface area contributed by atoms with Gasteiger partial charge < -0.3 is 9.30 Å². The van der Waals surface area contributed by atoms with E-state index in [1.54, 1.807) is 18.3 Å². The zero-order valence-electron chi connectivity index (χ0n) is 39.4. The third-order valence-electron chi connectivity index (χ3n) is 10.0. The average Bonchev–Trinajstić information content (AvgIpc) is 3.78. The number of nitrogens with zero attached hydrogens (tertiary/aromatic N) is 5. The molecule has 9 rings (SSSR count). The summed E-state index contributed by atoms with van der Waals surface area (Å²) in [4.78, 5) is 9.54. The van der Waals surface area contributed by atoms with Crippen molar-refractivity contribution in [2.24, 2.45) is 0 Å². The van der Waals surface area contributed by atoms with Gasteiger partial charge in [-0.2, -0.15) is 6.07 Å². The number of benzene rings is 5.